The predicted octanol–water partition coefficient (Wildman–Crippen LogP) is 1.15. The molecule has 1 atom stereocenters. The zero-order valence-corrected chi connectivity index (χ0v) is 16.0. The molecule has 9 heteroatoms. The summed E-state index contributed by atoms with van der Waals surface area (Å²) in [6.07, 6.45) is 0.848. The minimum absolute atomic E-state index is 0.0364. The highest BCUT2D eigenvalue weighted by Gasteiger charge is 2.34. The van der Waals surface area contributed by atoms with E-state index in [1.54, 1.807) is 28.2 Å². The van der Waals surface area contributed by atoms with Crippen LogP contribution in [-0.4, -0.2) is 61.5 Å². The van der Waals surface area contributed by atoms with Crippen LogP contribution in [-0.2, 0) is 22.7 Å². The molecule has 2 aromatic rings. The van der Waals surface area contributed by atoms with Crippen molar-refractivity contribution in [2.45, 2.75) is 37.4 Å². The quantitative estimate of drug-likeness (QED) is 0.516. The number of carboxylic acid groups (broad SMARTS) is 1. The smallest absolute Gasteiger partial charge is 0.322 e. The fraction of sp³-hybridized carbons (Fsp3) is 0.444. The zero-order chi connectivity index (χ0) is 19.2. The second-order valence-corrected chi connectivity index (χ2v) is 7.57. The highest BCUT2D eigenvalue weighted by atomic mass is 32.2. The van der Waals surface area contributed by atoms with Crippen LogP contribution in [0, 0.1) is 6.92 Å². The van der Waals surface area contributed by atoms with Crippen molar-refractivity contribution >= 4 is 23.6 Å². The van der Waals surface area contributed by atoms with Crippen molar-refractivity contribution in [3.63, 3.8) is 0 Å². The number of aromatic nitrogens is 3. The molecule has 3 rings (SSSR count). The molecule has 0 saturated carbocycles. The highest BCUT2D eigenvalue weighted by molar-refractivity contribution is 7.99. The summed E-state index contributed by atoms with van der Waals surface area (Å²) >= 11 is 1.75. The van der Waals surface area contributed by atoms with E-state index in [1.165, 1.54) is 4.90 Å². The number of amides is 1. The first kappa shape index (κ1) is 19.4. The largest absolute Gasteiger partial charge is 0.480 e. The van der Waals surface area contributed by atoms with E-state index in [-0.39, 0.29) is 19.0 Å². The predicted molar refractivity (Wildman–Crippen MR) is 101 cm³/mol. The molecule has 1 aliphatic rings. The maximum absolute atomic E-state index is 12.2. The molecule has 0 spiro atoms. The third-order valence-corrected chi connectivity index (χ3v) is 5.54. The first-order valence-electron chi connectivity index (χ1n) is 8.84. The molecule has 1 amide bonds. The van der Waals surface area contributed by atoms with Crippen molar-refractivity contribution in [1.29, 1.82) is 0 Å². The Bertz CT molecular complexity index is 796. The summed E-state index contributed by atoms with van der Waals surface area (Å²) in [6.45, 7) is 2.96. The van der Waals surface area contributed by atoms with Crippen LogP contribution >= 0.6 is 11.8 Å². The summed E-state index contributed by atoms with van der Waals surface area (Å²) in [4.78, 5) is 26.7. The number of aliphatic carboxylic acids is 1. The van der Waals surface area contributed by atoms with Crippen LogP contribution in [0.2, 0.25) is 0 Å². The summed E-state index contributed by atoms with van der Waals surface area (Å²) in [6, 6.07) is 9.36. The molecule has 27 heavy (non-hydrogen) atoms. The van der Waals surface area contributed by atoms with Gasteiger partial charge in [-0.05, 0) is 31.2 Å². The summed E-state index contributed by atoms with van der Waals surface area (Å²) in [5.41, 5.74) is 0. The van der Waals surface area contributed by atoms with Crippen molar-refractivity contribution in [3.05, 3.63) is 42.0 Å². The van der Waals surface area contributed by atoms with Crippen LogP contribution in [0.25, 0.3) is 0 Å². The molecule has 1 unspecified atom stereocenters. The van der Waals surface area contributed by atoms with Crippen molar-refractivity contribution in [3.8, 4) is 0 Å². The summed E-state index contributed by atoms with van der Waals surface area (Å²) in [5.74, 6) is 1.18. The number of hydrogen-bond acceptors (Lipinski definition) is 6. The van der Waals surface area contributed by atoms with Crippen LogP contribution in [0.15, 0.2) is 35.2 Å². The van der Waals surface area contributed by atoms with E-state index in [4.69, 9.17) is 0 Å². The average Bonchev–Trinajstić information content (AvgIpc) is 3.01. The molecule has 1 aliphatic heterocycles. The Hall–Kier alpha value is -2.39. The van der Waals surface area contributed by atoms with Gasteiger partial charge in [0.1, 0.15) is 17.7 Å². The summed E-state index contributed by atoms with van der Waals surface area (Å²) in [7, 11) is 0. The van der Waals surface area contributed by atoms with Gasteiger partial charge in [0.2, 0.25) is 5.91 Å². The molecule has 0 radical (unpaired) electrons. The molecular weight excluding hydrogens is 366 g/mol. The second kappa shape index (κ2) is 9.01. The van der Waals surface area contributed by atoms with Gasteiger partial charge in [0.25, 0.3) is 0 Å². The Balaban J connectivity index is 1.44. The van der Waals surface area contributed by atoms with E-state index >= 15 is 0 Å². The minimum Gasteiger partial charge on any atom is -0.480 e. The fourth-order valence-electron chi connectivity index (χ4n) is 3.01. The number of carbonyl (C=O) groups excluding carboxylic acids is 1. The van der Waals surface area contributed by atoms with Crippen LogP contribution in [0.5, 0.6) is 0 Å². The van der Waals surface area contributed by atoms with E-state index in [9.17, 15) is 14.7 Å². The molecule has 0 fully saturated rings. The van der Waals surface area contributed by atoms with Gasteiger partial charge in [-0.15, -0.1) is 22.0 Å². The average molecular weight is 389 g/mol. The number of hydrogen-bond donors (Lipinski definition) is 2. The number of benzene rings is 1. The number of carbonyl (C=O) groups is 2. The number of thioether (sulfide) groups is 1. The normalized spacial score (nSPS) is 16.7. The zero-order valence-electron chi connectivity index (χ0n) is 15.2. The molecule has 0 bridgehead atoms. The number of nitrogens with one attached hydrogen (secondary N) is 1. The van der Waals surface area contributed by atoms with Crippen LogP contribution in [0.3, 0.4) is 0 Å². The van der Waals surface area contributed by atoms with Crippen molar-refractivity contribution in [2.24, 2.45) is 0 Å². The van der Waals surface area contributed by atoms with Gasteiger partial charge in [0, 0.05) is 11.4 Å². The summed E-state index contributed by atoms with van der Waals surface area (Å²) in [5, 5.41) is 20.4. The Kier molecular flexibility index (Phi) is 6.46. The molecule has 2 heterocycles. The van der Waals surface area contributed by atoms with Gasteiger partial charge in [-0.1, -0.05) is 18.2 Å². The second-order valence-electron chi connectivity index (χ2n) is 6.40. The van der Waals surface area contributed by atoms with Crippen LogP contribution in [0.1, 0.15) is 18.1 Å². The molecule has 8 nitrogen and oxygen atoms in total. The minimum atomic E-state index is -0.944. The van der Waals surface area contributed by atoms with Crippen LogP contribution < -0.4 is 5.32 Å². The van der Waals surface area contributed by atoms with Gasteiger partial charge < -0.3 is 15.0 Å². The third-order valence-electron chi connectivity index (χ3n) is 4.44. The molecule has 1 aromatic carbocycles. The van der Waals surface area contributed by atoms with E-state index in [2.05, 4.69) is 27.6 Å². The van der Waals surface area contributed by atoms with Crippen molar-refractivity contribution in [1.82, 2.24) is 25.0 Å². The van der Waals surface area contributed by atoms with Gasteiger partial charge in [-0.2, -0.15) is 0 Å². The maximum Gasteiger partial charge on any atom is 0.322 e. The highest BCUT2D eigenvalue weighted by Crippen LogP contribution is 2.18. The van der Waals surface area contributed by atoms with Gasteiger partial charge in [-0.25, -0.2) is 0 Å². The van der Waals surface area contributed by atoms with Crippen molar-refractivity contribution in [2.75, 3.05) is 18.8 Å². The van der Waals surface area contributed by atoms with E-state index in [0.29, 0.717) is 24.7 Å². The molecule has 0 aliphatic carbocycles. The lowest BCUT2D eigenvalue weighted by Gasteiger charge is -2.32. The number of aryl methyl sites for hydroxylation is 1. The Labute approximate surface area is 162 Å². The maximum atomic E-state index is 12.2. The Morgan fingerprint density at radius 1 is 1.30 bits per heavy atom. The monoisotopic (exact) mass is 389 g/mol. The number of nitrogens with zero attached hydrogens (tertiary/aromatic N) is 4. The van der Waals surface area contributed by atoms with Gasteiger partial charge in [0.05, 0.1) is 19.6 Å². The molecule has 2 N–H and O–H groups in total. The molecule has 0 saturated heterocycles. The first-order valence-corrected chi connectivity index (χ1v) is 9.83. The lowest BCUT2D eigenvalue weighted by atomic mass is 10.2. The molecule has 144 valence electrons. The SMILES string of the molecule is Cc1nnc2n1CC(C(=O)O)N(CC(=O)NCCCSc1ccccc1)C2. The van der Waals surface area contributed by atoms with E-state index in [0.717, 1.165) is 12.2 Å². The number of rotatable bonds is 8. The first-order chi connectivity index (χ1) is 13.0. The van der Waals surface area contributed by atoms with Crippen molar-refractivity contribution < 1.29 is 14.7 Å². The third kappa shape index (κ3) is 5.08. The van der Waals surface area contributed by atoms with Crippen LogP contribution in [0.4, 0.5) is 0 Å². The molecule has 1 aromatic heterocycles. The Morgan fingerprint density at radius 3 is 2.81 bits per heavy atom. The molecular formula is C18H23N5O3S. The standard InChI is InChI=1S/C18H23N5O3S/c1-13-20-21-16-11-22(15(18(25)26)10-23(13)16)12-17(24)19-8-5-9-27-14-6-3-2-4-7-14/h2-4,6-7,15H,5,8-12H2,1H3,(H,19,24)(H,25,26). The van der Waals surface area contributed by atoms with Gasteiger partial charge in [-0.3, -0.25) is 14.5 Å². The Morgan fingerprint density at radius 2 is 2.07 bits per heavy atom. The summed E-state index contributed by atoms with van der Waals surface area (Å²) < 4.78 is 1.80. The van der Waals surface area contributed by atoms with E-state index < -0.39 is 12.0 Å². The number of carboxylic acids is 1. The lowest BCUT2D eigenvalue weighted by Crippen LogP contribution is -2.51. The van der Waals surface area contributed by atoms with Gasteiger partial charge >= 0.3 is 5.97 Å². The van der Waals surface area contributed by atoms with Gasteiger partial charge in [0.15, 0.2) is 0 Å². The lowest BCUT2D eigenvalue weighted by molar-refractivity contribution is -0.145. The topological polar surface area (TPSA) is 100 Å². The van der Waals surface area contributed by atoms with E-state index in [1.807, 2.05) is 18.2 Å². The number of fused-ring (bicyclic) bond motifs is 1. The fourth-order valence-corrected chi connectivity index (χ4v) is 3.88.